The second-order valence-corrected chi connectivity index (χ2v) is 6.01. The summed E-state index contributed by atoms with van der Waals surface area (Å²) in [5.41, 5.74) is 7.48. The fraction of sp³-hybridized carbons (Fsp3) is 0.368. The van der Waals surface area contributed by atoms with Crippen LogP contribution in [0.2, 0.25) is 0 Å². The predicted molar refractivity (Wildman–Crippen MR) is 100 cm³/mol. The monoisotopic (exact) mass is 388 g/mol. The van der Waals surface area contributed by atoms with E-state index in [9.17, 15) is 13.2 Å². The summed E-state index contributed by atoms with van der Waals surface area (Å²) >= 11 is 0. The standard InChI is InChI=1S/C19H23F3N2O.ClH/c1-14(16-6-4-7-17(12-16)19(20,21)22)24(9-10-25-2)13-15-5-3-8-18(23)11-15;/h3-8,11-12,14H,9-10,13,23H2,1-2H3;1H. The Morgan fingerprint density at radius 2 is 1.81 bits per heavy atom. The van der Waals surface area contributed by atoms with Crippen molar-refractivity contribution in [3.63, 3.8) is 0 Å². The lowest BCUT2D eigenvalue weighted by atomic mass is 10.0. The normalized spacial score (nSPS) is 12.7. The van der Waals surface area contributed by atoms with Crippen molar-refractivity contribution in [3.05, 3.63) is 65.2 Å². The fourth-order valence-corrected chi connectivity index (χ4v) is 2.73. The van der Waals surface area contributed by atoms with Gasteiger partial charge in [0.05, 0.1) is 12.2 Å². The number of nitrogen functional groups attached to an aromatic ring is 1. The first kappa shape index (κ1) is 22.3. The van der Waals surface area contributed by atoms with E-state index in [-0.39, 0.29) is 18.4 Å². The van der Waals surface area contributed by atoms with E-state index in [2.05, 4.69) is 4.90 Å². The van der Waals surface area contributed by atoms with Crippen LogP contribution in [0.15, 0.2) is 48.5 Å². The average molecular weight is 389 g/mol. The van der Waals surface area contributed by atoms with Gasteiger partial charge >= 0.3 is 6.18 Å². The van der Waals surface area contributed by atoms with E-state index in [0.29, 0.717) is 30.9 Å². The van der Waals surface area contributed by atoms with Crippen molar-refractivity contribution >= 4 is 18.1 Å². The van der Waals surface area contributed by atoms with Crippen molar-refractivity contribution in [2.45, 2.75) is 25.7 Å². The van der Waals surface area contributed by atoms with E-state index >= 15 is 0 Å². The summed E-state index contributed by atoms with van der Waals surface area (Å²) in [6.45, 7) is 3.57. The molecule has 0 spiro atoms. The predicted octanol–water partition coefficient (Wildman–Crippen LogP) is 4.92. The second-order valence-electron chi connectivity index (χ2n) is 6.01. The summed E-state index contributed by atoms with van der Waals surface area (Å²) in [5, 5.41) is 0. The summed E-state index contributed by atoms with van der Waals surface area (Å²) < 4.78 is 44.1. The minimum atomic E-state index is -4.35. The van der Waals surface area contributed by atoms with Gasteiger partial charge in [0.2, 0.25) is 0 Å². The molecule has 0 fully saturated rings. The number of anilines is 1. The molecule has 0 aliphatic carbocycles. The SMILES string of the molecule is COCCN(Cc1cccc(N)c1)C(C)c1cccc(C(F)(F)F)c1.Cl. The third-order valence-electron chi connectivity index (χ3n) is 4.16. The molecular formula is C19H24ClF3N2O. The van der Waals surface area contributed by atoms with Gasteiger partial charge in [-0.1, -0.05) is 24.3 Å². The van der Waals surface area contributed by atoms with Crippen molar-refractivity contribution < 1.29 is 17.9 Å². The summed E-state index contributed by atoms with van der Waals surface area (Å²) in [5.74, 6) is 0. The van der Waals surface area contributed by atoms with Gasteiger partial charge in [-0.2, -0.15) is 13.2 Å². The third kappa shape index (κ3) is 6.20. The van der Waals surface area contributed by atoms with Gasteiger partial charge in [0.25, 0.3) is 0 Å². The highest BCUT2D eigenvalue weighted by molar-refractivity contribution is 5.85. The van der Waals surface area contributed by atoms with E-state index in [0.717, 1.165) is 11.6 Å². The first-order chi connectivity index (χ1) is 11.8. The Hall–Kier alpha value is -1.76. The maximum Gasteiger partial charge on any atom is 0.416 e. The molecule has 0 aromatic heterocycles. The highest BCUT2D eigenvalue weighted by Gasteiger charge is 2.31. The molecule has 2 aromatic rings. The molecule has 1 unspecified atom stereocenters. The molecule has 26 heavy (non-hydrogen) atoms. The van der Waals surface area contributed by atoms with Gasteiger partial charge in [-0.25, -0.2) is 0 Å². The molecule has 0 heterocycles. The lowest BCUT2D eigenvalue weighted by Crippen LogP contribution is -2.30. The molecule has 0 bridgehead atoms. The fourth-order valence-electron chi connectivity index (χ4n) is 2.73. The molecule has 2 N–H and O–H groups in total. The first-order valence-corrected chi connectivity index (χ1v) is 8.06. The van der Waals surface area contributed by atoms with Crippen LogP contribution in [-0.4, -0.2) is 25.2 Å². The van der Waals surface area contributed by atoms with Crippen LogP contribution in [0.3, 0.4) is 0 Å². The zero-order valence-corrected chi connectivity index (χ0v) is 15.6. The lowest BCUT2D eigenvalue weighted by Gasteiger charge is -2.30. The Morgan fingerprint density at radius 1 is 1.12 bits per heavy atom. The molecule has 7 heteroatoms. The van der Waals surface area contributed by atoms with Crippen LogP contribution in [0, 0.1) is 0 Å². The largest absolute Gasteiger partial charge is 0.416 e. The third-order valence-corrected chi connectivity index (χ3v) is 4.16. The molecule has 0 saturated carbocycles. The van der Waals surface area contributed by atoms with E-state index in [1.54, 1.807) is 19.2 Å². The molecule has 3 nitrogen and oxygen atoms in total. The summed E-state index contributed by atoms with van der Waals surface area (Å²) in [7, 11) is 1.60. The van der Waals surface area contributed by atoms with Crippen LogP contribution in [0.25, 0.3) is 0 Å². The van der Waals surface area contributed by atoms with Gasteiger partial charge in [0, 0.05) is 31.9 Å². The Bertz CT molecular complexity index is 694. The van der Waals surface area contributed by atoms with Crippen LogP contribution >= 0.6 is 12.4 Å². The number of nitrogens with zero attached hydrogens (tertiary/aromatic N) is 1. The average Bonchev–Trinajstić information content (AvgIpc) is 2.57. The van der Waals surface area contributed by atoms with Crippen molar-refractivity contribution in [1.82, 2.24) is 4.90 Å². The zero-order valence-electron chi connectivity index (χ0n) is 14.8. The molecular weight excluding hydrogens is 365 g/mol. The van der Waals surface area contributed by atoms with Gasteiger partial charge in [-0.05, 0) is 42.3 Å². The maximum absolute atomic E-state index is 13.0. The van der Waals surface area contributed by atoms with Gasteiger partial charge < -0.3 is 10.5 Å². The molecule has 0 saturated heterocycles. The van der Waals surface area contributed by atoms with E-state index in [1.807, 2.05) is 25.1 Å². The number of hydrogen-bond donors (Lipinski definition) is 1. The van der Waals surface area contributed by atoms with Gasteiger partial charge in [0.1, 0.15) is 0 Å². The Balaban J connectivity index is 0.00000338. The number of methoxy groups -OCH3 is 1. The molecule has 0 radical (unpaired) electrons. The summed E-state index contributed by atoms with van der Waals surface area (Å²) in [4.78, 5) is 2.08. The molecule has 0 aliphatic rings. The maximum atomic E-state index is 13.0. The Kier molecular flexibility index (Phi) is 8.40. The van der Waals surface area contributed by atoms with Gasteiger partial charge in [-0.15, -0.1) is 12.4 Å². The molecule has 0 aliphatic heterocycles. The van der Waals surface area contributed by atoms with Crippen LogP contribution in [0.1, 0.15) is 29.7 Å². The van der Waals surface area contributed by atoms with Gasteiger partial charge in [0.15, 0.2) is 0 Å². The van der Waals surface area contributed by atoms with Crippen LogP contribution < -0.4 is 5.73 Å². The topological polar surface area (TPSA) is 38.5 Å². The molecule has 144 valence electrons. The zero-order chi connectivity index (χ0) is 18.4. The van der Waals surface area contributed by atoms with Crippen LogP contribution in [-0.2, 0) is 17.5 Å². The van der Waals surface area contributed by atoms with E-state index < -0.39 is 11.7 Å². The van der Waals surface area contributed by atoms with Crippen molar-refractivity contribution in [1.29, 1.82) is 0 Å². The van der Waals surface area contributed by atoms with Crippen molar-refractivity contribution in [2.75, 3.05) is 26.0 Å². The van der Waals surface area contributed by atoms with Crippen molar-refractivity contribution in [2.24, 2.45) is 0 Å². The smallest absolute Gasteiger partial charge is 0.399 e. The molecule has 2 rings (SSSR count). The molecule has 0 amide bonds. The van der Waals surface area contributed by atoms with Crippen LogP contribution in [0.4, 0.5) is 18.9 Å². The number of ether oxygens (including phenoxy) is 1. The summed E-state index contributed by atoms with van der Waals surface area (Å²) in [6.07, 6.45) is -4.35. The second kappa shape index (κ2) is 9.80. The Labute approximate surface area is 158 Å². The first-order valence-electron chi connectivity index (χ1n) is 8.06. The minimum Gasteiger partial charge on any atom is -0.399 e. The minimum absolute atomic E-state index is 0. The highest BCUT2D eigenvalue weighted by Crippen LogP contribution is 2.32. The molecule has 2 aromatic carbocycles. The number of halogens is 4. The van der Waals surface area contributed by atoms with E-state index in [1.165, 1.54) is 12.1 Å². The number of benzene rings is 2. The quantitative estimate of drug-likeness (QED) is 0.684. The lowest BCUT2D eigenvalue weighted by molar-refractivity contribution is -0.137. The number of hydrogen-bond acceptors (Lipinski definition) is 3. The Morgan fingerprint density at radius 3 is 2.42 bits per heavy atom. The number of nitrogens with two attached hydrogens (primary N) is 1. The van der Waals surface area contributed by atoms with Crippen molar-refractivity contribution in [3.8, 4) is 0 Å². The van der Waals surface area contributed by atoms with Crippen LogP contribution in [0.5, 0.6) is 0 Å². The van der Waals surface area contributed by atoms with Gasteiger partial charge in [-0.3, -0.25) is 4.90 Å². The number of rotatable bonds is 7. The van der Waals surface area contributed by atoms with E-state index in [4.69, 9.17) is 10.5 Å². The molecule has 1 atom stereocenters. The highest BCUT2D eigenvalue weighted by atomic mass is 35.5. The summed E-state index contributed by atoms with van der Waals surface area (Å²) in [6, 6.07) is 12.8. The number of alkyl halides is 3.